The Balaban J connectivity index is 2.85. The summed E-state index contributed by atoms with van der Waals surface area (Å²) in [4.78, 5) is 11.2. The minimum absolute atomic E-state index is 0.194. The number of aryl methyl sites for hydroxylation is 1. The van der Waals surface area contributed by atoms with E-state index in [0.29, 0.717) is 17.3 Å². The largest absolute Gasteiger partial charge is 0.364 e. The van der Waals surface area contributed by atoms with Crippen LogP contribution in [0.4, 0.5) is 5.69 Å². The number of rotatable bonds is 4. The second kappa shape index (κ2) is 5.62. The smallest absolute Gasteiger partial charge is 0.271 e. The van der Waals surface area contributed by atoms with Crippen LogP contribution in [0.25, 0.3) is 0 Å². The number of hydrogen-bond donors (Lipinski definition) is 3. The highest BCUT2D eigenvalue weighted by molar-refractivity contribution is 7.80. The Hall–Kier alpha value is -1.63. The van der Waals surface area contributed by atoms with Crippen molar-refractivity contribution in [2.24, 2.45) is 5.73 Å². The molecule has 0 aromatic carbocycles. The molecule has 0 radical (unpaired) electrons. The molecule has 0 saturated carbocycles. The third-order valence-corrected chi connectivity index (χ3v) is 2.21. The topological polar surface area (TPSA) is 85.0 Å². The third kappa shape index (κ3) is 3.70. The van der Waals surface area contributed by atoms with Gasteiger partial charge in [-0.3, -0.25) is 9.48 Å². The Morgan fingerprint density at radius 2 is 2.29 bits per heavy atom. The molecule has 1 heterocycles. The molecule has 7 heteroatoms. The van der Waals surface area contributed by atoms with Crippen LogP contribution in [0.5, 0.6) is 0 Å². The molecule has 0 saturated heterocycles. The Labute approximate surface area is 106 Å². The average molecular weight is 255 g/mol. The summed E-state index contributed by atoms with van der Waals surface area (Å²) >= 11 is 5.09. The first kappa shape index (κ1) is 13.4. The normalized spacial score (nSPS) is 10.4. The standard InChI is InChI=1S/C10H17N5OS/c1-4-15-5-7(8(14-15)9(11)16)13-10(17)12-6(2)3/h5-6H,4H2,1-3H3,(H2,11,16)(H2,12,13,17). The lowest BCUT2D eigenvalue weighted by Gasteiger charge is -2.12. The predicted octanol–water partition coefficient (Wildman–Crippen LogP) is 0.697. The maximum absolute atomic E-state index is 11.2. The lowest BCUT2D eigenvalue weighted by atomic mass is 10.3. The van der Waals surface area contributed by atoms with Crippen LogP contribution in [-0.2, 0) is 6.54 Å². The number of primary amides is 1. The number of anilines is 1. The highest BCUT2D eigenvalue weighted by Crippen LogP contribution is 2.13. The quantitative estimate of drug-likeness (QED) is 0.690. The van der Waals surface area contributed by atoms with Gasteiger partial charge < -0.3 is 16.4 Å². The summed E-state index contributed by atoms with van der Waals surface area (Å²) in [6, 6.07) is 0.216. The number of hydrogen-bond acceptors (Lipinski definition) is 3. The maximum Gasteiger partial charge on any atom is 0.271 e. The van der Waals surface area contributed by atoms with Gasteiger partial charge in [-0.2, -0.15) is 5.10 Å². The molecule has 0 fully saturated rings. The van der Waals surface area contributed by atoms with Crippen LogP contribution in [0.2, 0.25) is 0 Å². The molecule has 17 heavy (non-hydrogen) atoms. The van der Waals surface area contributed by atoms with E-state index in [0.717, 1.165) is 0 Å². The SMILES string of the molecule is CCn1cc(NC(=S)NC(C)C)c(C(N)=O)n1. The van der Waals surface area contributed by atoms with Crippen molar-refractivity contribution < 1.29 is 4.79 Å². The fourth-order valence-electron chi connectivity index (χ4n) is 1.28. The van der Waals surface area contributed by atoms with Gasteiger partial charge in [-0.05, 0) is 33.0 Å². The molecule has 1 aromatic rings. The van der Waals surface area contributed by atoms with Crippen molar-refractivity contribution >= 4 is 28.9 Å². The monoisotopic (exact) mass is 255 g/mol. The Morgan fingerprint density at radius 1 is 1.65 bits per heavy atom. The molecule has 4 N–H and O–H groups in total. The summed E-state index contributed by atoms with van der Waals surface area (Å²) in [5, 5.41) is 10.4. The molecule has 0 bridgehead atoms. The van der Waals surface area contributed by atoms with Crippen LogP contribution < -0.4 is 16.4 Å². The lowest BCUT2D eigenvalue weighted by molar-refractivity contribution is 0.0995. The van der Waals surface area contributed by atoms with E-state index in [1.54, 1.807) is 10.9 Å². The lowest BCUT2D eigenvalue weighted by Crippen LogP contribution is -2.34. The van der Waals surface area contributed by atoms with E-state index in [-0.39, 0.29) is 11.7 Å². The van der Waals surface area contributed by atoms with Gasteiger partial charge in [-0.15, -0.1) is 0 Å². The molecule has 6 nitrogen and oxygen atoms in total. The van der Waals surface area contributed by atoms with Crippen LogP contribution in [-0.4, -0.2) is 26.8 Å². The minimum Gasteiger partial charge on any atom is -0.364 e. The summed E-state index contributed by atoms with van der Waals surface area (Å²) in [7, 11) is 0. The van der Waals surface area contributed by atoms with E-state index in [1.165, 1.54) is 0 Å². The third-order valence-electron chi connectivity index (χ3n) is 1.99. The van der Waals surface area contributed by atoms with Crippen LogP contribution in [0.1, 0.15) is 31.3 Å². The minimum atomic E-state index is -0.577. The summed E-state index contributed by atoms with van der Waals surface area (Å²) in [5.74, 6) is -0.577. The van der Waals surface area contributed by atoms with Crippen molar-refractivity contribution in [1.29, 1.82) is 0 Å². The van der Waals surface area contributed by atoms with Gasteiger partial charge >= 0.3 is 0 Å². The number of amides is 1. The van der Waals surface area contributed by atoms with Crippen molar-refractivity contribution in [2.75, 3.05) is 5.32 Å². The van der Waals surface area contributed by atoms with E-state index in [9.17, 15) is 4.79 Å². The first-order valence-corrected chi connectivity index (χ1v) is 5.79. The van der Waals surface area contributed by atoms with Gasteiger partial charge in [0.2, 0.25) is 0 Å². The number of carbonyl (C=O) groups is 1. The number of carbonyl (C=O) groups excluding carboxylic acids is 1. The molecular formula is C10H17N5OS. The van der Waals surface area contributed by atoms with Gasteiger partial charge in [0, 0.05) is 18.8 Å². The van der Waals surface area contributed by atoms with E-state index in [4.69, 9.17) is 18.0 Å². The summed E-state index contributed by atoms with van der Waals surface area (Å²) in [6.45, 7) is 6.52. The van der Waals surface area contributed by atoms with Crippen molar-refractivity contribution in [3.63, 3.8) is 0 Å². The maximum atomic E-state index is 11.2. The number of nitrogens with zero attached hydrogens (tertiary/aromatic N) is 2. The van der Waals surface area contributed by atoms with E-state index >= 15 is 0 Å². The number of aromatic nitrogens is 2. The van der Waals surface area contributed by atoms with Gasteiger partial charge in [-0.1, -0.05) is 0 Å². The first-order valence-electron chi connectivity index (χ1n) is 5.38. The average Bonchev–Trinajstić information content (AvgIpc) is 2.59. The second-order valence-electron chi connectivity index (χ2n) is 3.86. The highest BCUT2D eigenvalue weighted by atomic mass is 32.1. The molecule has 0 aliphatic carbocycles. The van der Waals surface area contributed by atoms with Crippen LogP contribution in [0, 0.1) is 0 Å². The number of nitrogens with two attached hydrogens (primary N) is 1. The van der Waals surface area contributed by atoms with Crippen LogP contribution in [0.15, 0.2) is 6.20 Å². The molecule has 1 rings (SSSR count). The Kier molecular flexibility index (Phi) is 4.45. The fourth-order valence-corrected chi connectivity index (χ4v) is 1.62. The van der Waals surface area contributed by atoms with Gasteiger partial charge in [-0.25, -0.2) is 0 Å². The summed E-state index contributed by atoms with van der Waals surface area (Å²) in [5.41, 5.74) is 5.96. The van der Waals surface area contributed by atoms with Gasteiger partial charge in [0.15, 0.2) is 10.8 Å². The van der Waals surface area contributed by atoms with E-state index in [2.05, 4.69) is 15.7 Å². The number of nitrogens with one attached hydrogen (secondary N) is 2. The van der Waals surface area contributed by atoms with Crippen molar-refractivity contribution in [3.05, 3.63) is 11.9 Å². The molecule has 94 valence electrons. The molecule has 1 amide bonds. The van der Waals surface area contributed by atoms with Gasteiger partial charge in [0.05, 0.1) is 5.69 Å². The molecular weight excluding hydrogens is 238 g/mol. The zero-order valence-corrected chi connectivity index (χ0v) is 11.0. The van der Waals surface area contributed by atoms with Crippen LogP contribution >= 0.6 is 12.2 Å². The van der Waals surface area contributed by atoms with Crippen molar-refractivity contribution in [2.45, 2.75) is 33.4 Å². The van der Waals surface area contributed by atoms with Crippen molar-refractivity contribution in [1.82, 2.24) is 15.1 Å². The van der Waals surface area contributed by atoms with Gasteiger partial charge in [0.1, 0.15) is 0 Å². The van der Waals surface area contributed by atoms with E-state index in [1.807, 2.05) is 20.8 Å². The van der Waals surface area contributed by atoms with E-state index < -0.39 is 5.91 Å². The Morgan fingerprint density at radius 3 is 2.76 bits per heavy atom. The second-order valence-corrected chi connectivity index (χ2v) is 4.27. The van der Waals surface area contributed by atoms with Crippen molar-refractivity contribution in [3.8, 4) is 0 Å². The first-order chi connectivity index (χ1) is 7.93. The predicted molar refractivity (Wildman–Crippen MR) is 70.9 cm³/mol. The molecule has 0 atom stereocenters. The van der Waals surface area contributed by atoms with Crippen LogP contribution in [0.3, 0.4) is 0 Å². The zero-order chi connectivity index (χ0) is 13.0. The molecule has 0 aliphatic heterocycles. The molecule has 1 aromatic heterocycles. The Bertz CT molecular complexity index is 426. The molecule has 0 unspecified atom stereocenters. The summed E-state index contributed by atoms with van der Waals surface area (Å²) in [6.07, 6.45) is 1.70. The highest BCUT2D eigenvalue weighted by Gasteiger charge is 2.14. The summed E-state index contributed by atoms with van der Waals surface area (Å²) < 4.78 is 1.63. The molecule has 0 aliphatic rings. The fraction of sp³-hybridized carbons (Fsp3) is 0.500. The number of thiocarbonyl (C=S) groups is 1. The van der Waals surface area contributed by atoms with Gasteiger partial charge in [0.25, 0.3) is 5.91 Å². The molecule has 0 spiro atoms. The zero-order valence-electron chi connectivity index (χ0n) is 10.2.